The Hall–Kier alpha value is -0.350. The maximum absolute atomic E-state index is 12.9. The third kappa shape index (κ3) is 1.69. The molecule has 0 aromatic heterocycles. The minimum Gasteiger partial charge on any atom is -0.298 e. The lowest BCUT2D eigenvalue weighted by Gasteiger charge is -2.03. The number of hydrogen-bond donors (Lipinski definition) is 0. The van der Waals surface area contributed by atoms with Gasteiger partial charge in [0.15, 0.2) is 6.29 Å². The van der Waals surface area contributed by atoms with Crippen LogP contribution >= 0.6 is 27.7 Å². The highest BCUT2D eigenvalue weighted by Gasteiger charge is 2.09. The molecule has 0 saturated heterocycles. The van der Waals surface area contributed by atoms with Crippen molar-refractivity contribution in [2.75, 3.05) is 6.26 Å². The molecule has 1 nitrogen and oxygen atoms in total. The van der Waals surface area contributed by atoms with Gasteiger partial charge in [0, 0.05) is 9.37 Å². The lowest BCUT2D eigenvalue weighted by atomic mass is 10.2. The van der Waals surface area contributed by atoms with Crippen LogP contribution in [0.5, 0.6) is 0 Å². The molecule has 1 aromatic carbocycles. The predicted octanol–water partition coefficient (Wildman–Crippen LogP) is 3.12. The molecule has 0 N–H and O–H groups in total. The Kier molecular flexibility index (Phi) is 3.29. The van der Waals surface area contributed by atoms with Gasteiger partial charge in [-0.3, -0.25) is 4.79 Å². The molecule has 12 heavy (non-hydrogen) atoms. The number of carbonyl (C=O) groups excluding carboxylic acids is 1. The summed E-state index contributed by atoms with van der Waals surface area (Å²) in [4.78, 5) is 11.3. The van der Waals surface area contributed by atoms with E-state index in [1.165, 1.54) is 17.8 Å². The van der Waals surface area contributed by atoms with E-state index in [-0.39, 0.29) is 5.56 Å². The summed E-state index contributed by atoms with van der Waals surface area (Å²) in [7, 11) is 0. The van der Waals surface area contributed by atoms with E-state index in [2.05, 4.69) is 15.9 Å². The molecule has 1 rings (SSSR count). The SMILES string of the molecule is CSc1ccc(F)c(C=O)c1Br. The maximum atomic E-state index is 12.9. The van der Waals surface area contributed by atoms with E-state index in [1.54, 1.807) is 6.07 Å². The minimum absolute atomic E-state index is 0.0850. The largest absolute Gasteiger partial charge is 0.298 e. The van der Waals surface area contributed by atoms with Crippen molar-refractivity contribution in [2.45, 2.75) is 4.90 Å². The summed E-state index contributed by atoms with van der Waals surface area (Å²) in [5, 5.41) is 0. The number of rotatable bonds is 2. The third-order valence-electron chi connectivity index (χ3n) is 1.43. The lowest BCUT2D eigenvalue weighted by Crippen LogP contribution is -1.90. The predicted molar refractivity (Wildman–Crippen MR) is 51.3 cm³/mol. The zero-order valence-corrected chi connectivity index (χ0v) is 8.71. The minimum atomic E-state index is -0.491. The van der Waals surface area contributed by atoms with Crippen molar-refractivity contribution in [3.05, 3.63) is 28.0 Å². The van der Waals surface area contributed by atoms with Crippen molar-refractivity contribution in [1.82, 2.24) is 0 Å². The van der Waals surface area contributed by atoms with Crippen molar-refractivity contribution < 1.29 is 9.18 Å². The van der Waals surface area contributed by atoms with Crippen LogP contribution in [0.4, 0.5) is 4.39 Å². The molecule has 0 bridgehead atoms. The molecule has 0 fully saturated rings. The second-order valence-corrected chi connectivity index (χ2v) is 3.74. The van der Waals surface area contributed by atoms with Gasteiger partial charge < -0.3 is 0 Å². The van der Waals surface area contributed by atoms with Gasteiger partial charge >= 0.3 is 0 Å². The van der Waals surface area contributed by atoms with E-state index in [0.29, 0.717) is 10.8 Å². The Morgan fingerprint density at radius 2 is 2.25 bits per heavy atom. The number of carbonyl (C=O) groups is 1. The molecule has 0 aliphatic rings. The van der Waals surface area contributed by atoms with Crippen LogP contribution in [0.2, 0.25) is 0 Å². The molecule has 0 atom stereocenters. The number of benzene rings is 1. The Morgan fingerprint density at radius 3 is 2.75 bits per heavy atom. The van der Waals surface area contributed by atoms with Gasteiger partial charge in [0.05, 0.1) is 5.56 Å². The van der Waals surface area contributed by atoms with Gasteiger partial charge in [0.25, 0.3) is 0 Å². The molecular formula is C8H6BrFOS. The lowest BCUT2D eigenvalue weighted by molar-refractivity contribution is 0.111. The van der Waals surface area contributed by atoms with Crippen LogP contribution in [-0.4, -0.2) is 12.5 Å². The normalized spacial score (nSPS) is 9.92. The zero-order chi connectivity index (χ0) is 9.14. The summed E-state index contributed by atoms with van der Waals surface area (Å²) in [6.45, 7) is 0. The number of thioether (sulfide) groups is 1. The number of aldehydes is 1. The van der Waals surface area contributed by atoms with Crippen molar-refractivity contribution in [3.63, 3.8) is 0 Å². The van der Waals surface area contributed by atoms with Gasteiger partial charge in [-0.15, -0.1) is 11.8 Å². The Bertz CT molecular complexity index is 314. The second kappa shape index (κ2) is 4.05. The first-order chi connectivity index (χ1) is 5.70. The van der Waals surface area contributed by atoms with E-state index in [0.717, 1.165) is 4.90 Å². The number of halogens is 2. The highest BCUT2D eigenvalue weighted by atomic mass is 79.9. The van der Waals surface area contributed by atoms with Crippen LogP contribution in [0.1, 0.15) is 10.4 Å². The number of hydrogen-bond acceptors (Lipinski definition) is 2. The molecule has 0 aliphatic heterocycles. The van der Waals surface area contributed by atoms with E-state index in [9.17, 15) is 9.18 Å². The fraction of sp³-hybridized carbons (Fsp3) is 0.125. The van der Waals surface area contributed by atoms with Gasteiger partial charge in [-0.2, -0.15) is 0 Å². The van der Waals surface area contributed by atoms with E-state index >= 15 is 0 Å². The quantitative estimate of drug-likeness (QED) is 0.591. The molecule has 64 valence electrons. The molecule has 1 aromatic rings. The van der Waals surface area contributed by atoms with Crippen LogP contribution in [-0.2, 0) is 0 Å². The molecule has 0 saturated carbocycles. The Labute approximate surface area is 82.5 Å². The summed E-state index contributed by atoms with van der Waals surface area (Å²) in [6, 6.07) is 2.93. The Morgan fingerprint density at radius 1 is 1.58 bits per heavy atom. The maximum Gasteiger partial charge on any atom is 0.154 e. The second-order valence-electron chi connectivity index (χ2n) is 2.10. The summed E-state index contributed by atoms with van der Waals surface area (Å²) >= 11 is 4.62. The first-order valence-corrected chi connectivity index (χ1v) is 5.19. The van der Waals surface area contributed by atoms with Crippen molar-refractivity contribution in [2.24, 2.45) is 0 Å². The van der Waals surface area contributed by atoms with Crippen LogP contribution in [0.25, 0.3) is 0 Å². The van der Waals surface area contributed by atoms with Crippen LogP contribution in [0, 0.1) is 5.82 Å². The van der Waals surface area contributed by atoms with Gasteiger partial charge in [0.2, 0.25) is 0 Å². The van der Waals surface area contributed by atoms with Crippen LogP contribution in [0.3, 0.4) is 0 Å². The molecule has 0 unspecified atom stereocenters. The first kappa shape index (κ1) is 9.74. The summed E-state index contributed by atoms with van der Waals surface area (Å²) in [5.74, 6) is -0.491. The van der Waals surface area contributed by atoms with Crippen molar-refractivity contribution in [3.8, 4) is 0 Å². The highest BCUT2D eigenvalue weighted by molar-refractivity contribution is 9.10. The molecule has 0 aliphatic carbocycles. The van der Waals surface area contributed by atoms with E-state index in [1.807, 2.05) is 6.26 Å². The van der Waals surface area contributed by atoms with Crippen LogP contribution < -0.4 is 0 Å². The molecule has 0 heterocycles. The van der Waals surface area contributed by atoms with Gasteiger partial charge in [0.1, 0.15) is 5.82 Å². The fourth-order valence-corrected chi connectivity index (χ4v) is 2.21. The topological polar surface area (TPSA) is 17.1 Å². The summed E-state index contributed by atoms with van der Waals surface area (Å²) in [6.07, 6.45) is 2.38. The van der Waals surface area contributed by atoms with E-state index in [4.69, 9.17) is 0 Å². The Balaban J connectivity index is 3.33. The standard InChI is InChI=1S/C8H6BrFOS/c1-12-7-3-2-6(10)5(4-11)8(7)9/h2-4H,1H3. The van der Waals surface area contributed by atoms with Crippen molar-refractivity contribution in [1.29, 1.82) is 0 Å². The molecule has 0 radical (unpaired) electrons. The summed E-state index contributed by atoms with van der Waals surface area (Å²) in [5.41, 5.74) is 0.0850. The van der Waals surface area contributed by atoms with Crippen LogP contribution in [0.15, 0.2) is 21.5 Å². The smallest absolute Gasteiger partial charge is 0.154 e. The third-order valence-corrected chi connectivity index (χ3v) is 3.33. The fourth-order valence-electron chi connectivity index (χ4n) is 0.815. The van der Waals surface area contributed by atoms with Gasteiger partial charge in [-0.1, -0.05) is 0 Å². The van der Waals surface area contributed by atoms with Gasteiger partial charge in [-0.05, 0) is 34.3 Å². The average molecular weight is 249 g/mol. The molecule has 4 heteroatoms. The monoisotopic (exact) mass is 248 g/mol. The first-order valence-electron chi connectivity index (χ1n) is 3.18. The molecular weight excluding hydrogens is 243 g/mol. The van der Waals surface area contributed by atoms with Gasteiger partial charge in [-0.25, -0.2) is 4.39 Å². The van der Waals surface area contributed by atoms with Crippen molar-refractivity contribution >= 4 is 34.0 Å². The summed E-state index contributed by atoms with van der Waals surface area (Å²) < 4.78 is 13.4. The zero-order valence-electron chi connectivity index (χ0n) is 6.30. The van der Waals surface area contributed by atoms with E-state index < -0.39 is 5.82 Å². The molecule has 0 spiro atoms. The highest BCUT2D eigenvalue weighted by Crippen LogP contribution is 2.29. The average Bonchev–Trinajstić information content (AvgIpc) is 2.06. The molecule has 0 amide bonds.